The van der Waals surface area contributed by atoms with E-state index in [0.29, 0.717) is 16.4 Å². The monoisotopic (exact) mass is 359 g/mol. The number of anilines is 1. The van der Waals surface area contributed by atoms with Crippen molar-refractivity contribution in [3.8, 4) is 5.75 Å². The lowest BCUT2D eigenvalue weighted by atomic mass is 10.1. The number of carbonyl (C=O) groups is 2. The molecule has 132 valence electrons. The Morgan fingerprint density at radius 1 is 1.40 bits per heavy atom. The van der Waals surface area contributed by atoms with Crippen LogP contribution < -0.4 is 10.1 Å². The molecule has 0 fully saturated rings. The average molecular weight is 359 g/mol. The van der Waals surface area contributed by atoms with Gasteiger partial charge in [0.25, 0.3) is 5.91 Å². The molecule has 7 heteroatoms. The highest BCUT2D eigenvalue weighted by atomic mass is 32.1. The van der Waals surface area contributed by atoms with E-state index >= 15 is 0 Å². The highest BCUT2D eigenvalue weighted by molar-refractivity contribution is 7.15. The van der Waals surface area contributed by atoms with Crippen molar-refractivity contribution in [3.05, 3.63) is 40.4 Å². The number of nitrogens with one attached hydrogen (secondary N) is 1. The second kappa shape index (κ2) is 7.33. The lowest BCUT2D eigenvalue weighted by Gasteiger charge is -2.20. The first-order valence-corrected chi connectivity index (χ1v) is 8.99. The second-order valence-corrected chi connectivity index (χ2v) is 7.29. The molecule has 1 aliphatic heterocycles. The molecule has 0 aliphatic carbocycles. The van der Waals surface area contributed by atoms with Crippen molar-refractivity contribution in [2.45, 2.75) is 32.9 Å². The van der Waals surface area contributed by atoms with Gasteiger partial charge in [-0.25, -0.2) is 4.98 Å². The van der Waals surface area contributed by atoms with Crippen LogP contribution in [-0.2, 0) is 17.8 Å². The van der Waals surface area contributed by atoms with E-state index in [-0.39, 0.29) is 11.7 Å². The molecule has 3 rings (SSSR count). The summed E-state index contributed by atoms with van der Waals surface area (Å²) in [6, 6.07) is 6.83. The van der Waals surface area contributed by atoms with Gasteiger partial charge in [0, 0.05) is 30.0 Å². The zero-order valence-corrected chi connectivity index (χ0v) is 15.4. The summed E-state index contributed by atoms with van der Waals surface area (Å²) in [5, 5.41) is 3.44. The van der Waals surface area contributed by atoms with Crippen LogP contribution in [0.3, 0.4) is 0 Å². The Labute approximate surface area is 150 Å². The summed E-state index contributed by atoms with van der Waals surface area (Å²) in [4.78, 5) is 31.7. The second-order valence-electron chi connectivity index (χ2n) is 6.21. The van der Waals surface area contributed by atoms with Gasteiger partial charge in [0.15, 0.2) is 17.0 Å². The van der Waals surface area contributed by atoms with Crippen LogP contribution in [0.4, 0.5) is 5.13 Å². The van der Waals surface area contributed by atoms with E-state index in [0.717, 1.165) is 25.2 Å². The molecule has 2 aromatic rings. The van der Waals surface area contributed by atoms with Crippen LogP contribution in [0.2, 0.25) is 0 Å². The molecule has 1 N–H and O–H groups in total. The fraction of sp³-hybridized carbons (Fsp3) is 0.389. The van der Waals surface area contributed by atoms with Crippen LogP contribution in [-0.4, -0.2) is 41.3 Å². The van der Waals surface area contributed by atoms with Gasteiger partial charge in [-0.1, -0.05) is 12.1 Å². The Morgan fingerprint density at radius 2 is 2.20 bits per heavy atom. The van der Waals surface area contributed by atoms with Crippen molar-refractivity contribution in [1.29, 1.82) is 0 Å². The number of ether oxygens (including phenoxy) is 1. The molecule has 0 bridgehead atoms. The molecule has 0 spiro atoms. The SMILES string of the molecule is CC(=O)c1cccc(OC(C)C(=O)Nc2nc3c(s2)CN(C)CC3)c1. The molecule has 1 aromatic heterocycles. The van der Waals surface area contributed by atoms with Gasteiger partial charge in [-0.2, -0.15) is 0 Å². The zero-order chi connectivity index (χ0) is 18.0. The molecule has 0 radical (unpaired) electrons. The predicted molar refractivity (Wildman–Crippen MR) is 97.3 cm³/mol. The Hall–Kier alpha value is -2.25. The summed E-state index contributed by atoms with van der Waals surface area (Å²) < 4.78 is 5.66. The summed E-state index contributed by atoms with van der Waals surface area (Å²) in [7, 11) is 2.08. The zero-order valence-electron chi connectivity index (χ0n) is 14.5. The van der Waals surface area contributed by atoms with Gasteiger partial charge in [0.2, 0.25) is 0 Å². The number of hydrogen-bond acceptors (Lipinski definition) is 6. The first kappa shape index (κ1) is 17.6. The number of aromatic nitrogens is 1. The van der Waals surface area contributed by atoms with Crippen molar-refractivity contribution in [2.75, 3.05) is 18.9 Å². The molecule has 0 saturated heterocycles. The van der Waals surface area contributed by atoms with Crippen LogP contribution in [0.5, 0.6) is 5.75 Å². The summed E-state index contributed by atoms with van der Waals surface area (Å²) >= 11 is 1.51. The van der Waals surface area contributed by atoms with Gasteiger partial charge in [-0.15, -0.1) is 11.3 Å². The van der Waals surface area contributed by atoms with E-state index in [9.17, 15) is 9.59 Å². The van der Waals surface area contributed by atoms with Gasteiger partial charge in [0.1, 0.15) is 5.75 Å². The van der Waals surface area contributed by atoms with Gasteiger partial charge in [0.05, 0.1) is 5.69 Å². The lowest BCUT2D eigenvalue weighted by molar-refractivity contribution is -0.122. The molecule has 1 aliphatic rings. The first-order valence-electron chi connectivity index (χ1n) is 8.18. The lowest BCUT2D eigenvalue weighted by Crippen LogP contribution is -2.30. The van der Waals surface area contributed by atoms with E-state index in [1.165, 1.54) is 23.1 Å². The van der Waals surface area contributed by atoms with Gasteiger partial charge in [-0.05, 0) is 33.0 Å². The number of hydrogen-bond donors (Lipinski definition) is 1. The topological polar surface area (TPSA) is 71.5 Å². The highest BCUT2D eigenvalue weighted by Crippen LogP contribution is 2.28. The third kappa shape index (κ3) is 4.24. The first-order chi connectivity index (χ1) is 11.9. The predicted octanol–water partition coefficient (Wildman–Crippen LogP) is 2.74. The Balaban J connectivity index is 1.63. The number of nitrogens with zero attached hydrogens (tertiary/aromatic N) is 2. The van der Waals surface area contributed by atoms with Crippen LogP contribution in [0.25, 0.3) is 0 Å². The number of amides is 1. The van der Waals surface area contributed by atoms with Crippen LogP contribution in [0.15, 0.2) is 24.3 Å². The Bertz CT molecular complexity index is 803. The van der Waals surface area contributed by atoms with E-state index in [1.54, 1.807) is 31.2 Å². The quantitative estimate of drug-likeness (QED) is 0.831. The molecule has 6 nitrogen and oxygen atoms in total. The minimum absolute atomic E-state index is 0.0408. The third-order valence-electron chi connectivity index (χ3n) is 4.07. The largest absolute Gasteiger partial charge is 0.481 e. The highest BCUT2D eigenvalue weighted by Gasteiger charge is 2.21. The van der Waals surface area contributed by atoms with Gasteiger partial charge >= 0.3 is 0 Å². The fourth-order valence-electron chi connectivity index (χ4n) is 2.63. The van der Waals surface area contributed by atoms with Crippen molar-refractivity contribution >= 4 is 28.2 Å². The summed E-state index contributed by atoms with van der Waals surface area (Å²) in [5.74, 6) is 0.198. The molecule has 0 saturated carbocycles. The molecular formula is C18H21N3O3S. The molecule has 1 aromatic carbocycles. The third-order valence-corrected chi connectivity index (χ3v) is 5.07. The minimum Gasteiger partial charge on any atom is -0.481 e. The Kier molecular flexibility index (Phi) is 5.15. The number of Topliss-reactive ketones (excluding diaryl/α,β-unsaturated/α-hetero) is 1. The molecule has 1 unspecified atom stereocenters. The van der Waals surface area contributed by atoms with E-state index in [1.807, 2.05) is 0 Å². The normalized spacial score (nSPS) is 15.3. The molecule has 2 heterocycles. The van der Waals surface area contributed by atoms with Crippen molar-refractivity contribution in [1.82, 2.24) is 9.88 Å². The molecule has 1 amide bonds. The van der Waals surface area contributed by atoms with Gasteiger partial charge < -0.3 is 9.64 Å². The van der Waals surface area contributed by atoms with Crippen LogP contribution in [0.1, 0.15) is 34.8 Å². The van der Waals surface area contributed by atoms with Crippen molar-refractivity contribution < 1.29 is 14.3 Å². The number of ketones is 1. The van der Waals surface area contributed by atoms with E-state index in [2.05, 4.69) is 22.2 Å². The number of fused-ring (bicyclic) bond motifs is 1. The number of carbonyl (C=O) groups excluding carboxylic acids is 2. The van der Waals surface area contributed by atoms with Crippen molar-refractivity contribution in [2.24, 2.45) is 0 Å². The summed E-state index contributed by atoms with van der Waals surface area (Å²) in [5.41, 5.74) is 1.63. The maximum atomic E-state index is 12.4. The average Bonchev–Trinajstić information content (AvgIpc) is 2.96. The van der Waals surface area contributed by atoms with Crippen LogP contribution in [0, 0.1) is 0 Å². The summed E-state index contributed by atoms with van der Waals surface area (Å²) in [6.45, 7) is 5.02. The van der Waals surface area contributed by atoms with E-state index in [4.69, 9.17) is 4.74 Å². The summed E-state index contributed by atoms with van der Waals surface area (Å²) in [6.07, 6.45) is 0.216. The Morgan fingerprint density at radius 3 is 2.96 bits per heavy atom. The molecular weight excluding hydrogens is 338 g/mol. The fourth-order valence-corrected chi connectivity index (χ4v) is 3.72. The number of benzene rings is 1. The smallest absolute Gasteiger partial charge is 0.266 e. The minimum atomic E-state index is -0.689. The van der Waals surface area contributed by atoms with Crippen LogP contribution >= 0.6 is 11.3 Å². The number of thiazole rings is 1. The van der Waals surface area contributed by atoms with Crippen molar-refractivity contribution in [3.63, 3.8) is 0 Å². The van der Waals surface area contributed by atoms with E-state index < -0.39 is 6.10 Å². The maximum absolute atomic E-state index is 12.4. The molecule has 1 atom stereocenters. The standard InChI is InChI=1S/C18H21N3O3S/c1-11(22)13-5-4-6-14(9-13)24-12(2)17(23)20-18-19-15-7-8-21(3)10-16(15)25-18/h4-6,9,12H,7-8,10H2,1-3H3,(H,19,20,23). The number of rotatable bonds is 5. The number of likely N-dealkylation sites (N-methyl/N-ethyl adjacent to an activating group) is 1. The molecule has 25 heavy (non-hydrogen) atoms. The maximum Gasteiger partial charge on any atom is 0.266 e. The van der Waals surface area contributed by atoms with Gasteiger partial charge in [-0.3, -0.25) is 14.9 Å².